The highest BCUT2D eigenvalue weighted by Crippen LogP contribution is 2.18. The van der Waals surface area contributed by atoms with Gasteiger partial charge in [-0.25, -0.2) is 0 Å². The number of amides is 1. The maximum Gasteiger partial charge on any atom is 0.310 e. The number of aliphatic imine (C=N–C) groups is 1. The quantitative estimate of drug-likeness (QED) is 0.258. The molecule has 1 fully saturated rings. The molecule has 0 aromatic rings. The SMILES string of the molecule is CCOC(=O)C1CCCN(C(=NC)NCCC(=O)NC(C)CC)C1.I. The number of carbonyl (C=O) groups excluding carboxylic acids is 2. The number of guanidine groups is 1. The smallest absolute Gasteiger partial charge is 0.310 e. The molecule has 7 nitrogen and oxygen atoms in total. The normalized spacial score (nSPS) is 18.8. The number of nitrogens with one attached hydrogen (secondary N) is 2. The van der Waals surface area contributed by atoms with E-state index in [1.165, 1.54) is 0 Å². The molecular formula is C17H33IN4O3. The molecule has 2 unspecified atom stereocenters. The highest BCUT2D eigenvalue weighted by atomic mass is 127. The predicted octanol–water partition coefficient (Wildman–Crippen LogP) is 1.76. The number of hydrogen-bond acceptors (Lipinski definition) is 4. The Labute approximate surface area is 168 Å². The molecule has 2 N–H and O–H groups in total. The van der Waals surface area contributed by atoms with Crippen molar-refractivity contribution in [2.45, 2.75) is 52.5 Å². The minimum atomic E-state index is -0.134. The number of ether oxygens (including phenoxy) is 1. The second-order valence-electron chi connectivity index (χ2n) is 6.14. The molecule has 8 heteroatoms. The largest absolute Gasteiger partial charge is 0.466 e. The number of likely N-dealkylation sites (tertiary alicyclic amines) is 1. The van der Waals surface area contributed by atoms with Gasteiger partial charge in [0.2, 0.25) is 5.91 Å². The number of esters is 1. The van der Waals surface area contributed by atoms with Crippen molar-refractivity contribution in [2.75, 3.05) is 33.3 Å². The van der Waals surface area contributed by atoms with Gasteiger partial charge in [-0.15, -0.1) is 24.0 Å². The van der Waals surface area contributed by atoms with Gasteiger partial charge < -0.3 is 20.3 Å². The lowest BCUT2D eigenvalue weighted by Crippen LogP contribution is -2.49. The van der Waals surface area contributed by atoms with Crippen LogP contribution in [-0.4, -0.2) is 62.1 Å². The average molecular weight is 468 g/mol. The molecule has 1 saturated heterocycles. The lowest BCUT2D eigenvalue weighted by Gasteiger charge is -2.33. The van der Waals surface area contributed by atoms with E-state index in [2.05, 4.69) is 20.5 Å². The summed E-state index contributed by atoms with van der Waals surface area (Å²) in [6.45, 7) is 8.26. The van der Waals surface area contributed by atoms with Crippen molar-refractivity contribution in [3.63, 3.8) is 0 Å². The van der Waals surface area contributed by atoms with E-state index in [0.29, 0.717) is 26.1 Å². The van der Waals surface area contributed by atoms with E-state index in [1.807, 2.05) is 20.8 Å². The summed E-state index contributed by atoms with van der Waals surface area (Å²) in [6, 6.07) is 0.198. The highest BCUT2D eigenvalue weighted by molar-refractivity contribution is 14.0. The molecule has 0 aliphatic carbocycles. The van der Waals surface area contributed by atoms with Gasteiger partial charge in [0, 0.05) is 39.1 Å². The monoisotopic (exact) mass is 468 g/mol. The van der Waals surface area contributed by atoms with Crippen LogP contribution in [0.1, 0.15) is 46.5 Å². The Morgan fingerprint density at radius 3 is 2.68 bits per heavy atom. The number of carbonyl (C=O) groups is 2. The van der Waals surface area contributed by atoms with Gasteiger partial charge in [-0.2, -0.15) is 0 Å². The number of hydrogen-bond donors (Lipinski definition) is 2. The minimum absolute atomic E-state index is 0. The first kappa shape index (κ1) is 23.9. The molecule has 1 rings (SSSR count). The molecule has 0 spiro atoms. The van der Waals surface area contributed by atoms with Gasteiger partial charge >= 0.3 is 5.97 Å². The van der Waals surface area contributed by atoms with E-state index >= 15 is 0 Å². The Morgan fingerprint density at radius 1 is 1.36 bits per heavy atom. The zero-order chi connectivity index (χ0) is 17.9. The van der Waals surface area contributed by atoms with Crippen LogP contribution in [0.5, 0.6) is 0 Å². The minimum Gasteiger partial charge on any atom is -0.466 e. The summed E-state index contributed by atoms with van der Waals surface area (Å²) in [6.07, 6.45) is 3.10. The van der Waals surface area contributed by atoms with Crippen LogP contribution >= 0.6 is 24.0 Å². The van der Waals surface area contributed by atoms with Crippen molar-refractivity contribution in [3.8, 4) is 0 Å². The number of halogens is 1. The van der Waals surface area contributed by atoms with Gasteiger partial charge in [-0.3, -0.25) is 14.6 Å². The second-order valence-corrected chi connectivity index (χ2v) is 6.14. The molecule has 0 aromatic carbocycles. The standard InChI is InChI=1S/C17H32N4O3.HI/c1-5-13(3)20-15(22)9-10-19-17(18-4)21-11-7-8-14(12-21)16(23)24-6-2;/h13-14H,5-12H2,1-4H3,(H,18,19)(H,20,22);1H. The lowest BCUT2D eigenvalue weighted by atomic mass is 9.98. The third-order valence-corrected chi connectivity index (χ3v) is 4.21. The van der Waals surface area contributed by atoms with Crippen molar-refractivity contribution in [3.05, 3.63) is 0 Å². The number of rotatable bonds is 7. The Bertz CT molecular complexity index is 446. The fraction of sp³-hybridized carbons (Fsp3) is 0.824. The summed E-state index contributed by atoms with van der Waals surface area (Å²) >= 11 is 0. The summed E-state index contributed by atoms with van der Waals surface area (Å²) in [5.74, 6) is 0.534. The van der Waals surface area contributed by atoms with Gasteiger partial charge in [0.05, 0.1) is 12.5 Å². The Morgan fingerprint density at radius 2 is 2.08 bits per heavy atom. The van der Waals surface area contributed by atoms with Crippen molar-refractivity contribution in [1.29, 1.82) is 0 Å². The van der Waals surface area contributed by atoms with Gasteiger partial charge in [-0.05, 0) is 33.1 Å². The van der Waals surface area contributed by atoms with Crippen LogP contribution in [0.4, 0.5) is 0 Å². The van der Waals surface area contributed by atoms with Crippen LogP contribution in [0.3, 0.4) is 0 Å². The van der Waals surface area contributed by atoms with Gasteiger partial charge in [0.15, 0.2) is 5.96 Å². The average Bonchev–Trinajstić information content (AvgIpc) is 2.59. The molecule has 25 heavy (non-hydrogen) atoms. The van der Waals surface area contributed by atoms with Crippen LogP contribution in [-0.2, 0) is 14.3 Å². The summed E-state index contributed by atoms with van der Waals surface area (Å²) in [4.78, 5) is 30.1. The first-order valence-corrected chi connectivity index (χ1v) is 8.93. The molecule has 0 aromatic heterocycles. The number of nitrogens with zero attached hydrogens (tertiary/aromatic N) is 2. The Balaban J connectivity index is 0.00000576. The third kappa shape index (κ3) is 8.73. The topological polar surface area (TPSA) is 83.0 Å². The molecule has 146 valence electrons. The Hall–Kier alpha value is -1.06. The fourth-order valence-electron chi connectivity index (χ4n) is 2.69. The highest BCUT2D eigenvalue weighted by Gasteiger charge is 2.28. The molecule has 0 radical (unpaired) electrons. The molecule has 0 bridgehead atoms. The Kier molecular flexibility index (Phi) is 12.6. The fourth-order valence-corrected chi connectivity index (χ4v) is 2.69. The van der Waals surface area contributed by atoms with Crippen LogP contribution in [0, 0.1) is 5.92 Å². The van der Waals surface area contributed by atoms with Crippen LogP contribution in [0.2, 0.25) is 0 Å². The van der Waals surface area contributed by atoms with Crippen molar-refractivity contribution >= 4 is 41.8 Å². The first-order chi connectivity index (χ1) is 11.5. The van der Waals surface area contributed by atoms with Crippen molar-refractivity contribution < 1.29 is 14.3 Å². The van der Waals surface area contributed by atoms with E-state index in [0.717, 1.165) is 31.8 Å². The molecular weight excluding hydrogens is 435 g/mol. The second kappa shape index (κ2) is 13.2. The van der Waals surface area contributed by atoms with Crippen LogP contribution < -0.4 is 10.6 Å². The molecule has 0 saturated carbocycles. The summed E-state index contributed by atoms with van der Waals surface area (Å²) in [5.41, 5.74) is 0. The molecule has 1 aliphatic heterocycles. The first-order valence-electron chi connectivity index (χ1n) is 8.93. The summed E-state index contributed by atoms with van der Waals surface area (Å²) in [5, 5.41) is 6.16. The third-order valence-electron chi connectivity index (χ3n) is 4.21. The maximum atomic E-state index is 11.9. The van der Waals surface area contributed by atoms with Crippen LogP contribution in [0.25, 0.3) is 0 Å². The van der Waals surface area contributed by atoms with E-state index in [4.69, 9.17) is 4.74 Å². The zero-order valence-corrected chi connectivity index (χ0v) is 18.2. The predicted molar refractivity (Wildman–Crippen MR) is 110 cm³/mol. The number of piperidine rings is 1. The molecule has 2 atom stereocenters. The van der Waals surface area contributed by atoms with Crippen molar-refractivity contribution in [1.82, 2.24) is 15.5 Å². The summed E-state index contributed by atoms with van der Waals surface area (Å²) in [7, 11) is 1.72. The van der Waals surface area contributed by atoms with Crippen molar-refractivity contribution in [2.24, 2.45) is 10.9 Å². The molecule has 1 aliphatic rings. The van der Waals surface area contributed by atoms with Crippen LogP contribution in [0.15, 0.2) is 4.99 Å². The van der Waals surface area contributed by atoms with Gasteiger partial charge in [-0.1, -0.05) is 6.92 Å². The maximum absolute atomic E-state index is 11.9. The van der Waals surface area contributed by atoms with Gasteiger partial charge in [0.25, 0.3) is 0 Å². The van der Waals surface area contributed by atoms with E-state index in [-0.39, 0.29) is 47.8 Å². The van der Waals surface area contributed by atoms with E-state index < -0.39 is 0 Å². The zero-order valence-electron chi connectivity index (χ0n) is 15.8. The molecule has 1 amide bonds. The summed E-state index contributed by atoms with van der Waals surface area (Å²) < 4.78 is 5.12. The lowest BCUT2D eigenvalue weighted by molar-refractivity contribution is -0.149. The molecule has 1 heterocycles. The van der Waals surface area contributed by atoms with E-state index in [1.54, 1.807) is 7.05 Å². The van der Waals surface area contributed by atoms with E-state index in [9.17, 15) is 9.59 Å². The van der Waals surface area contributed by atoms with Gasteiger partial charge in [0.1, 0.15) is 0 Å².